The lowest BCUT2D eigenvalue weighted by molar-refractivity contribution is -0.296. The first-order chi connectivity index (χ1) is 20.9. The molecule has 4 saturated carbocycles. The van der Waals surface area contributed by atoms with Gasteiger partial charge in [0.05, 0.1) is 5.60 Å². The highest BCUT2D eigenvalue weighted by atomic mass is 16.5. The van der Waals surface area contributed by atoms with Gasteiger partial charge in [-0.2, -0.15) is 0 Å². The molecule has 0 bridgehead atoms. The van der Waals surface area contributed by atoms with Crippen molar-refractivity contribution in [2.45, 2.75) is 148 Å². The Hall–Kier alpha value is -0.280. The van der Waals surface area contributed by atoms with Crippen LogP contribution in [0.4, 0.5) is 0 Å². The lowest BCUT2D eigenvalue weighted by Gasteiger charge is -2.67. The minimum absolute atomic E-state index is 0.0619. The third kappa shape index (κ3) is 8.05. The first-order valence-electron chi connectivity index (χ1n) is 18.9. The fourth-order valence-electron chi connectivity index (χ4n) is 11.0. The van der Waals surface area contributed by atoms with Gasteiger partial charge in [0.25, 0.3) is 0 Å². The van der Waals surface area contributed by atoms with Crippen molar-refractivity contribution in [1.29, 1.82) is 0 Å². The Morgan fingerprint density at radius 2 is 1.43 bits per heavy atom. The van der Waals surface area contributed by atoms with Gasteiger partial charge in [0.15, 0.2) is 5.79 Å². The standard InChI is InChI=1S/C37H72N4O3/c1-27(2)11-8-12-28(3)30-13-14-31-29-25-33(41-24-10-23-40-21-7-6-20-39-22-9-19-38)37(44)26-36(42,43)18-17-35(37,5)32(29)15-16-34(30,31)4/h27-33,39-44H,6-26,38H2,1-5H3/t28-,29+,30-,31+,32+,33?,34-,35-,37?/m1/s1. The molecule has 0 aliphatic heterocycles. The molecule has 4 aliphatic rings. The predicted octanol–water partition coefficient (Wildman–Crippen LogP) is 5.17. The van der Waals surface area contributed by atoms with Gasteiger partial charge in [0.2, 0.25) is 0 Å². The molecule has 0 aromatic heterocycles. The smallest absolute Gasteiger partial charge is 0.165 e. The molecule has 0 heterocycles. The quantitative estimate of drug-likeness (QED) is 0.0834. The molecule has 0 saturated heterocycles. The number of hydrogen-bond donors (Lipinski definition) is 7. The molecule has 7 nitrogen and oxygen atoms in total. The average molecular weight is 621 g/mol. The van der Waals surface area contributed by atoms with Crippen LogP contribution >= 0.6 is 0 Å². The number of hydrogen-bond acceptors (Lipinski definition) is 7. The van der Waals surface area contributed by atoms with Gasteiger partial charge in [0.1, 0.15) is 0 Å². The molecule has 8 N–H and O–H groups in total. The average Bonchev–Trinajstić information content (AvgIpc) is 3.31. The summed E-state index contributed by atoms with van der Waals surface area (Å²) in [5, 5.41) is 45.0. The molecule has 7 heteroatoms. The van der Waals surface area contributed by atoms with Crippen LogP contribution in [0.15, 0.2) is 0 Å². The van der Waals surface area contributed by atoms with E-state index in [1.54, 1.807) is 0 Å². The molecule has 4 fully saturated rings. The van der Waals surface area contributed by atoms with Crippen LogP contribution in [0.25, 0.3) is 0 Å². The highest BCUT2D eigenvalue weighted by molar-refractivity contribution is 5.19. The Balaban J connectivity index is 1.36. The minimum Gasteiger partial charge on any atom is -0.387 e. The van der Waals surface area contributed by atoms with E-state index in [1.807, 2.05) is 0 Å². The zero-order valence-electron chi connectivity index (χ0n) is 29.3. The van der Waals surface area contributed by atoms with Gasteiger partial charge >= 0.3 is 0 Å². The van der Waals surface area contributed by atoms with E-state index in [-0.39, 0.29) is 17.9 Å². The summed E-state index contributed by atoms with van der Waals surface area (Å²) in [5.41, 5.74) is 4.56. The van der Waals surface area contributed by atoms with Gasteiger partial charge in [-0.25, -0.2) is 0 Å². The molecule has 9 atom stereocenters. The second-order valence-electron chi connectivity index (χ2n) is 16.9. The van der Waals surface area contributed by atoms with Crippen molar-refractivity contribution >= 4 is 0 Å². The summed E-state index contributed by atoms with van der Waals surface area (Å²) < 4.78 is 0. The molecule has 0 aromatic rings. The zero-order valence-corrected chi connectivity index (χ0v) is 29.3. The van der Waals surface area contributed by atoms with Crippen molar-refractivity contribution in [2.75, 3.05) is 39.3 Å². The van der Waals surface area contributed by atoms with Crippen LogP contribution in [0.2, 0.25) is 0 Å². The van der Waals surface area contributed by atoms with E-state index in [4.69, 9.17) is 5.73 Å². The molecular formula is C37H72N4O3. The molecule has 0 spiro atoms. The summed E-state index contributed by atoms with van der Waals surface area (Å²) in [6, 6.07) is -0.0998. The summed E-state index contributed by atoms with van der Waals surface area (Å²) >= 11 is 0. The number of rotatable bonds is 18. The van der Waals surface area contributed by atoms with Gasteiger partial charge in [-0.05, 0) is 144 Å². The largest absolute Gasteiger partial charge is 0.387 e. The maximum atomic E-state index is 12.5. The lowest BCUT2D eigenvalue weighted by Crippen LogP contribution is -2.73. The normalized spacial score (nSPS) is 38.7. The summed E-state index contributed by atoms with van der Waals surface area (Å²) in [7, 11) is 0. The van der Waals surface area contributed by atoms with Crippen LogP contribution < -0.4 is 21.7 Å². The van der Waals surface area contributed by atoms with E-state index in [1.165, 1.54) is 57.8 Å². The second kappa shape index (κ2) is 15.7. The first kappa shape index (κ1) is 36.6. The topological polar surface area (TPSA) is 123 Å². The van der Waals surface area contributed by atoms with Crippen molar-refractivity contribution in [1.82, 2.24) is 16.0 Å². The van der Waals surface area contributed by atoms with Gasteiger partial charge in [-0.1, -0.05) is 53.9 Å². The first-order valence-corrected chi connectivity index (χ1v) is 18.9. The Kier molecular flexibility index (Phi) is 13.1. The Labute approximate surface area is 270 Å². The third-order valence-corrected chi connectivity index (χ3v) is 13.6. The minimum atomic E-state index is -1.78. The fourth-order valence-corrected chi connectivity index (χ4v) is 11.0. The lowest BCUT2D eigenvalue weighted by atomic mass is 9.41. The van der Waals surface area contributed by atoms with E-state index in [2.05, 4.69) is 50.6 Å². The Morgan fingerprint density at radius 3 is 2.11 bits per heavy atom. The van der Waals surface area contributed by atoms with Crippen molar-refractivity contribution in [3.8, 4) is 0 Å². The molecule has 0 aromatic carbocycles. The number of nitrogens with two attached hydrogens (primary N) is 1. The summed E-state index contributed by atoms with van der Waals surface area (Å²) in [6.45, 7) is 17.8. The van der Waals surface area contributed by atoms with Crippen LogP contribution in [0.1, 0.15) is 131 Å². The van der Waals surface area contributed by atoms with Crippen molar-refractivity contribution in [3.63, 3.8) is 0 Å². The Bertz CT molecular complexity index is 872. The van der Waals surface area contributed by atoms with Crippen molar-refractivity contribution in [3.05, 3.63) is 0 Å². The van der Waals surface area contributed by atoms with E-state index in [0.29, 0.717) is 36.0 Å². The maximum Gasteiger partial charge on any atom is 0.165 e. The van der Waals surface area contributed by atoms with Gasteiger partial charge < -0.3 is 37.0 Å². The monoisotopic (exact) mass is 621 g/mol. The van der Waals surface area contributed by atoms with Crippen molar-refractivity contribution in [2.24, 2.45) is 52.1 Å². The highest BCUT2D eigenvalue weighted by Gasteiger charge is 2.69. The van der Waals surface area contributed by atoms with E-state index in [0.717, 1.165) is 76.3 Å². The molecule has 4 aliphatic carbocycles. The highest BCUT2D eigenvalue weighted by Crippen LogP contribution is 2.69. The Morgan fingerprint density at radius 1 is 0.750 bits per heavy atom. The summed E-state index contributed by atoms with van der Waals surface area (Å²) in [4.78, 5) is 0. The number of aliphatic hydroxyl groups is 3. The number of unbranched alkanes of at least 4 members (excludes halogenated alkanes) is 1. The second-order valence-corrected chi connectivity index (χ2v) is 16.9. The molecule has 4 rings (SSSR count). The third-order valence-electron chi connectivity index (χ3n) is 13.6. The molecule has 0 amide bonds. The number of fused-ring (bicyclic) bond motifs is 5. The SMILES string of the molecule is CC(C)CCC[C@@H](C)[C@H]1CC[C@H]2[C@@H]3CC(NCCCNCCCCNCCCN)C4(O)CC(O)(O)CC[C@]4(C)[C@H]3CC[C@]12C. The van der Waals surface area contributed by atoms with Crippen LogP contribution in [0.3, 0.4) is 0 Å². The van der Waals surface area contributed by atoms with Crippen LogP contribution in [0, 0.1) is 46.3 Å². The predicted molar refractivity (Wildman–Crippen MR) is 182 cm³/mol. The van der Waals surface area contributed by atoms with E-state index >= 15 is 0 Å². The molecular weight excluding hydrogens is 548 g/mol. The van der Waals surface area contributed by atoms with Crippen LogP contribution in [0.5, 0.6) is 0 Å². The maximum absolute atomic E-state index is 12.5. The van der Waals surface area contributed by atoms with Gasteiger partial charge in [0, 0.05) is 24.3 Å². The van der Waals surface area contributed by atoms with E-state index in [9.17, 15) is 15.3 Å². The van der Waals surface area contributed by atoms with Crippen LogP contribution in [-0.2, 0) is 0 Å². The molecule has 258 valence electrons. The van der Waals surface area contributed by atoms with Gasteiger partial charge in [-0.15, -0.1) is 0 Å². The van der Waals surface area contributed by atoms with Crippen molar-refractivity contribution < 1.29 is 15.3 Å². The zero-order chi connectivity index (χ0) is 32.0. The summed E-state index contributed by atoms with van der Waals surface area (Å²) in [5.74, 6) is 2.37. The molecule has 2 unspecified atom stereocenters. The molecule has 0 radical (unpaired) electrons. The summed E-state index contributed by atoms with van der Waals surface area (Å²) in [6.07, 6.45) is 15.6. The molecule has 44 heavy (non-hydrogen) atoms. The fraction of sp³-hybridized carbons (Fsp3) is 1.00. The van der Waals surface area contributed by atoms with Crippen LogP contribution in [-0.4, -0.2) is 72.0 Å². The number of nitrogens with one attached hydrogen (secondary N) is 3. The van der Waals surface area contributed by atoms with Gasteiger partial charge in [-0.3, -0.25) is 0 Å². The van der Waals surface area contributed by atoms with E-state index < -0.39 is 11.4 Å².